The number of carbonyl (C=O) groups excluding carboxylic acids is 1. The summed E-state index contributed by atoms with van der Waals surface area (Å²) in [5.74, 6) is -2.08. The van der Waals surface area contributed by atoms with Gasteiger partial charge in [0.05, 0.1) is 5.92 Å². The maximum absolute atomic E-state index is 13.2. The average molecular weight is 203 g/mol. The summed E-state index contributed by atoms with van der Waals surface area (Å²) in [4.78, 5) is 23.3. The van der Waals surface area contributed by atoms with Gasteiger partial charge < -0.3 is 10.0 Å². The van der Waals surface area contributed by atoms with E-state index in [0.717, 1.165) is 0 Å². The van der Waals surface area contributed by atoms with Gasteiger partial charge in [-0.3, -0.25) is 9.59 Å². The molecule has 1 rings (SSSR count). The second-order valence-electron chi connectivity index (χ2n) is 4.05. The van der Waals surface area contributed by atoms with Crippen LogP contribution in [-0.2, 0) is 9.59 Å². The van der Waals surface area contributed by atoms with Crippen molar-refractivity contribution in [2.75, 3.05) is 13.1 Å². The highest BCUT2D eigenvalue weighted by atomic mass is 19.1. The summed E-state index contributed by atoms with van der Waals surface area (Å²) in [6, 6.07) is 0. The largest absolute Gasteiger partial charge is 0.481 e. The molecule has 1 unspecified atom stereocenters. The molecule has 0 aromatic heterocycles. The van der Waals surface area contributed by atoms with Crippen LogP contribution < -0.4 is 0 Å². The van der Waals surface area contributed by atoms with Crippen LogP contribution >= 0.6 is 0 Å². The number of likely N-dealkylation sites (tertiary alicyclic amines) is 1. The van der Waals surface area contributed by atoms with Gasteiger partial charge in [-0.15, -0.1) is 0 Å². The van der Waals surface area contributed by atoms with Crippen molar-refractivity contribution in [3.05, 3.63) is 0 Å². The normalized spacial score (nSPS) is 22.5. The highest BCUT2D eigenvalue weighted by Crippen LogP contribution is 2.21. The molecule has 14 heavy (non-hydrogen) atoms. The summed E-state index contributed by atoms with van der Waals surface area (Å²) in [7, 11) is 0. The van der Waals surface area contributed by atoms with E-state index in [1.54, 1.807) is 0 Å². The summed E-state index contributed by atoms with van der Waals surface area (Å²) in [6.07, 6.45) is 0.414. The number of nitrogens with zero attached hydrogens (tertiary/aromatic N) is 1. The molecule has 1 fully saturated rings. The van der Waals surface area contributed by atoms with Crippen LogP contribution in [0.15, 0.2) is 0 Å². The van der Waals surface area contributed by atoms with E-state index in [2.05, 4.69) is 0 Å². The van der Waals surface area contributed by atoms with Crippen LogP contribution in [0.25, 0.3) is 0 Å². The first-order valence-corrected chi connectivity index (χ1v) is 4.53. The Morgan fingerprint density at radius 2 is 2.07 bits per heavy atom. The third-order valence-corrected chi connectivity index (χ3v) is 2.33. The highest BCUT2D eigenvalue weighted by molar-refractivity contribution is 5.85. The minimum Gasteiger partial charge on any atom is -0.481 e. The Morgan fingerprint density at radius 1 is 1.50 bits per heavy atom. The molecule has 1 saturated heterocycles. The van der Waals surface area contributed by atoms with Gasteiger partial charge >= 0.3 is 5.97 Å². The van der Waals surface area contributed by atoms with Gasteiger partial charge in [0.1, 0.15) is 0 Å². The number of carboxylic acids is 1. The highest BCUT2D eigenvalue weighted by Gasteiger charge is 2.37. The molecule has 0 spiro atoms. The van der Waals surface area contributed by atoms with Crippen LogP contribution in [0, 0.1) is 5.92 Å². The van der Waals surface area contributed by atoms with Crippen molar-refractivity contribution in [2.45, 2.75) is 25.9 Å². The molecule has 0 aliphatic carbocycles. The van der Waals surface area contributed by atoms with Gasteiger partial charge in [-0.1, -0.05) is 0 Å². The molecule has 0 radical (unpaired) electrons. The van der Waals surface area contributed by atoms with Gasteiger partial charge in [-0.2, -0.15) is 0 Å². The second kappa shape index (κ2) is 3.55. The smallest absolute Gasteiger partial charge is 0.308 e. The third kappa shape index (κ3) is 2.21. The fourth-order valence-corrected chi connectivity index (χ4v) is 1.52. The van der Waals surface area contributed by atoms with Gasteiger partial charge in [-0.25, -0.2) is 4.39 Å². The molecule has 1 aliphatic rings. The van der Waals surface area contributed by atoms with Crippen LogP contribution in [0.1, 0.15) is 20.3 Å². The molecule has 1 amide bonds. The molecule has 0 saturated carbocycles. The lowest BCUT2D eigenvalue weighted by atomic mass is 10.1. The third-order valence-electron chi connectivity index (χ3n) is 2.33. The predicted molar refractivity (Wildman–Crippen MR) is 47.5 cm³/mol. The number of hydrogen-bond acceptors (Lipinski definition) is 2. The fraction of sp³-hybridized carbons (Fsp3) is 0.778. The molecule has 1 atom stereocenters. The summed E-state index contributed by atoms with van der Waals surface area (Å²) in [5, 5.41) is 8.68. The van der Waals surface area contributed by atoms with Crippen molar-refractivity contribution in [3.8, 4) is 0 Å². The lowest BCUT2D eigenvalue weighted by Crippen LogP contribution is -2.41. The minimum atomic E-state index is -1.91. The Labute approximate surface area is 81.7 Å². The monoisotopic (exact) mass is 203 g/mol. The van der Waals surface area contributed by atoms with E-state index < -0.39 is 23.5 Å². The van der Waals surface area contributed by atoms with E-state index in [1.165, 1.54) is 18.7 Å². The van der Waals surface area contributed by atoms with Crippen molar-refractivity contribution in [3.63, 3.8) is 0 Å². The number of carbonyl (C=O) groups is 2. The van der Waals surface area contributed by atoms with Gasteiger partial charge in [0.2, 0.25) is 0 Å². The summed E-state index contributed by atoms with van der Waals surface area (Å²) in [6.45, 7) is 2.83. The Balaban J connectivity index is 2.59. The number of halogens is 1. The standard InChI is InChI=1S/C9H14FNO3/c1-9(2,10)8(14)11-4-3-6(5-11)7(12)13/h6H,3-5H2,1-2H3,(H,12,13). The lowest BCUT2D eigenvalue weighted by Gasteiger charge is -2.22. The fourth-order valence-electron chi connectivity index (χ4n) is 1.52. The SMILES string of the molecule is CC(C)(F)C(=O)N1CCC(C(=O)O)C1. The zero-order valence-electron chi connectivity index (χ0n) is 8.29. The van der Waals surface area contributed by atoms with Crippen molar-refractivity contribution in [1.29, 1.82) is 0 Å². The van der Waals surface area contributed by atoms with E-state index in [4.69, 9.17) is 5.11 Å². The summed E-state index contributed by atoms with van der Waals surface area (Å²) in [5.41, 5.74) is -1.91. The van der Waals surface area contributed by atoms with E-state index >= 15 is 0 Å². The number of carboxylic acid groups (broad SMARTS) is 1. The van der Waals surface area contributed by atoms with Crippen molar-refractivity contribution >= 4 is 11.9 Å². The lowest BCUT2D eigenvalue weighted by molar-refractivity contribution is -0.143. The van der Waals surface area contributed by atoms with Crippen molar-refractivity contribution in [1.82, 2.24) is 4.90 Å². The average Bonchev–Trinajstić information content (AvgIpc) is 2.48. The van der Waals surface area contributed by atoms with E-state index in [9.17, 15) is 14.0 Å². The predicted octanol–water partition coefficient (Wildman–Crippen LogP) is 0.668. The topological polar surface area (TPSA) is 57.6 Å². The minimum absolute atomic E-state index is 0.127. The first-order valence-electron chi connectivity index (χ1n) is 4.53. The maximum Gasteiger partial charge on any atom is 0.308 e. The van der Waals surface area contributed by atoms with Crippen LogP contribution in [0.3, 0.4) is 0 Å². The molecule has 0 aromatic rings. The summed E-state index contributed by atoms with van der Waals surface area (Å²) < 4.78 is 13.2. The van der Waals surface area contributed by atoms with E-state index in [1.807, 2.05) is 0 Å². The number of rotatable bonds is 2. The first-order chi connectivity index (χ1) is 6.32. The zero-order chi connectivity index (χ0) is 10.9. The molecular formula is C9H14FNO3. The van der Waals surface area contributed by atoms with Gasteiger partial charge in [0.25, 0.3) is 5.91 Å². The van der Waals surface area contributed by atoms with E-state index in [-0.39, 0.29) is 6.54 Å². The number of aliphatic carboxylic acids is 1. The Hall–Kier alpha value is -1.13. The Morgan fingerprint density at radius 3 is 2.43 bits per heavy atom. The van der Waals surface area contributed by atoms with Gasteiger partial charge in [-0.05, 0) is 20.3 Å². The van der Waals surface area contributed by atoms with Crippen LogP contribution in [0.2, 0.25) is 0 Å². The number of alkyl halides is 1. The summed E-state index contributed by atoms with van der Waals surface area (Å²) >= 11 is 0. The van der Waals surface area contributed by atoms with Crippen LogP contribution in [0.5, 0.6) is 0 Å². The first kappa shape index (κ1) is 10.9. The van der Waals surface area contributed by atoms with Gasteiger partial charge in [0.15, 0.2) is 5.67 Å². The molecule has 1 aliphatic heterocycles. The van der Waals surface area contributed by atoms with Gasteiger partial charge in [0, 0.05) is 13.1 Å². The molecule has 0 aromatic carbocycles. The number of amides is 1. The zero-order valence-corrected chi connectivity index (χ0v) is 8.29. The van der Waals surface area contributed by atoms with E-state index in [0.29, 0.717) is 13.0 Å². The van der Waals surface area contributed by atoms with Crippen LogP contribution in [0.4, 0.5) is 4.39 Å². The Kier molecular flexibility index (Phi) is 2.78. The Bertz CT molecular complexity index is 259. The second-order valence-corrected chi connectivity index (χ2v) is 4.05. The van der Waals surface area contributed by atoms with Crippen LogP contribution in [-0.4, -0.2) is 40.6 Å². The molecule has 1 N–H and O–H groups in total. The molecule has 4 nitrogen and oxygen atoms in total. The maximum atomic E-state index is 13.2. The van der Waals surface area contributed by atoms with Crippen molar-refractivity contribution in [2.24, 2.45) is 5.92 Å². The quantitative estimate of drug-likeness (QED) is 0.717. The molecular weight excluding hydrogens is 189 g/mol. The molecule has 80 valence electrons. The molecule has 1 heterocycles. The van der Waals surface area contributed by atoms with Crippen molar-refractivity contribution < 1.29 is 19.1 Å². The number of hydrogen-bond donors (Lipinski definition) is 1. The molecule has 0 bridgehead atoms. The molecule has 5 heteroatoms.